The van der Waals surface area contributed by atoms with E-state index >= 15 is 0 Å². The maximum Gasteiger partial charge on any atom is 0.328 e. The number of carbonyl (C=O) groups excluding carboxylic acids is 2. The summed E-state index contributed by atoms with van der Waals surface area (Å²) in [6.45, 7) is 3.24. The highest BCUT2D eigenvalue weighted by atomic mass is 35.5. The number of amides is 1. The van der Waals surface area contributed by atoms with Crippen LogP contribution in [0, 0.1) is 0 Å². The van der Waals surface area contributed by atoms with Gasteiger partial charge in [-0.1, -0.05) is 48.0 Å². The van der Waals surface area contributed by atoms with Gasteiger partial charge in [-0.2, -0.15) is 0 Å². The van der Waals surface area contributed by atoms with Gasteiger partial charge in [0.2, 0.25) is 0 Å². The summed E-state index contributed by atoms with van der Waals surface area (Å²) in [4.78, 5) is 28.7. The number of aromatic nitrogens is 1. The Bertz CT molecular complexity index is 1100. The number of ether oxygens (including phenoxy) is 2. The highest BCUT2D eigenvalue weighted by Crippen LogP contribution is 2.28. The molecule has 3 aromatic rings. The van der Waals surface area contributed by atoms with Gasteiger partial charge in [-0.15, -0.1) is 0 Å². The Morgan fingerprint density at radius 1 is 1.00 bits per heavy atom. The zero-order chi connectivity index (χ0) is 23.3. The van der Waals surface area contributed by atoms with Gasteiger partial charge in [0.05, 0.1) is 7.11 Å². The average Bonchev–Trinajstić information content (AvgIpc) is 2.79. The van der Waals surface area contributed by atoms with E-state index in [1.165, 1.54) is 26.3 Å². The second-order valence-corrected chi connectivity index (χ2v) is 7.55. The molecule has 1 aromatic heterocycles. The number of nitrogens with zero attached hydrogens (tertiary/aromatic N) is 1. The van der Waals surface area contributed by atoms with Gasteiger partial charge in [-0.05, 0) is 42.7 Å². The predicted molar refractivity (Wildman–Crippen MR) is 121 cm³/mol. The minimum atomic E-state index is -0.953. The van der Waals surface area contributed by atoms with Crippen molar-refractivity contribution in [3.63, 3.8) is 0 Å². The van der Waals surface area contributed by atoms with Crippen molar-refractivity contribution < 1.29 is 24.2 Å². The van der Waals surface area contributed by atoms with E-state index in [1.54, 1.807) is 6.92 Å². The van der Waals surface area contributed by atoms with Crippen LogP contribution in [-0.4, -0.2) is 35.1 Å². The number of esters is 1. The standard InChI is InChI=1S/C24H23ClN2O5/c1-14(27-23(29)21-22(28)20(31-3)12-13-26-21)24(30)32-15(2)16-4-6-17(7-5-16)18-8-10-19(25)11-9-18/h4-15,28H,1-3H3,(H,27,29)/t14-,15-/m0/s1. The van der Waals surface area contributed by atoms with Crippen LogP contribution in [-0.2, 0) is 9.53 Å². The Labute approximate surface area is 191 Å². The molecule has 0 spiro atoms. The van der Waals surface area contributed by atoms with Gasteiger partial charge in [-0.3, -0.25) is 4.79 Å². The Morgan fingerprint density at radius 2 is 1.59 bits per heavy atom. The van der Waals surface area contributed by atoms with Crippen LogP contribution >= 0.6 is 11.6 Å². The van der Waals surface area contributed by atoms with E-state index in [9.17, 15) is 14.7 Å². The lowest BCUT2D eigenvalue weighted by molar-refractivity contribution is -0.150. The normalized spacial score (nSPS) is 12.5. The summed E-state index contributed by atoms with van der Waals surface area (Å²) >= 11 is 5.93. The van der Waals surface area contributed by atoms with Crippen LogP contribution in [0.1, 0.15) is 36.0 Å². The number of methoxy groups -OCH3 is 1. The zero-order valence-corrected chi connectivity index (χ0v) is 18.6. The topological polar surface area (TPSA) is 97.8 Å². The number of rotatable bonds is 7. The second-order valence-electron chi connectivity index (χ2n) is 7.11. The second kappa shape index (κ2) is 10.2. The van der Waals surface area contributed by atoms with Crippen LogP contribution in [0.25, 0.3) is 11.1 Å². The van der Waals surface area contributed by atoms with Crippen molar-refractivity contribution >= 4 is 23.5 Å². The first kappa shape index (κ1) is 23.1. The van der Waals surface area contributed by atoms with Crippen molar-refractivity contribution in [2.24, 2.45) is 0 Å². The molecular formula is C24H23ClN2O5. The third-order valence-corrected chi connectivity index (χ3v) is 5.13. The van der Waals surface area contributed by atoms with Gasteiger partial charge < -0.3 is 19.9 Å². The summed E-state index contributed by atoms with van der Waals surface area (Å²) in [6, 6.07) is 15.6. The molecule has 0 unspecified atom stereocenters. The van der Waals surface area contributed by atoms with Gasteiger partial charge >= 0.3 is 5.97 Å². The highest BCUT2D eigenvalue weighted by Gasteiger charge is 2.24. The van der Waals surface area contributed by atoms with E-state index in [1.807, 2.05) is 48.5 Å². The summed E-state index contributed by atoms with van der Waals surface area (Å²) in [5, 5.41) is 13.2. The molecule has 0 saturated heterocycles. The molecule has 0 aliphatic rings. The summed E-state index contributed by atoms with van der Waals surface area (Å²) < 4.78 is 10.5. The molecule has 1 amide bonds. The molecule has 0 aliphatic carbocycles. The third kappa shape index (κ3) is 5.36. The number of carbonyl (C=O) groups is 2. The quantitative estimate of drug-likeness (QED) is 0.509. The van der Waals surface area contributed by atoms with Crippen molar-refractivity contribution in [3.05, 3.63) is 77.1 Å². The molecule has 0 saturated carbocycles. The van der Waals surface area contributed by atoms with Crippen LogP contribution in [0.15, 0.2) is 60.8 Å². The molecule has 7 nitrogen and oxygen atoms in total. The molecule has 1 heterocycles. The first-order valence-corrected chi connectivity index (χ1v) is 10.3. The summed E-state index contributed by atoms with van der Waals surface area (Å²) in [7, 11) is 1.36. The van der Waals surface area contributed by atoms with Crippen LogP contribution in [0.2, 0.25) is 5.02 Å². The van der Waals surface area contributed by atoms with E-state index in [4.69, 9.17) is 21.1 Å². The Hall–Kier alpha value is -3.58. The van der Waals surface area contributed by atoms with Gasteiger partial charge in [-0.25, -0.2) is 9.78 Å². The predicted octanol–water partition coefficient (Wildman–Crippen LogP) is 4.54. The molecule has 2 N–H and O–H groups in total. The smallest absolute Gasteiger partial charge is 0.328 e. The van der Waals surface area contributed by atoms with Crippen LogP contribution in [0.3, 0.4) is 0 Å². The van der Waals surface area contributed by atoms with Crippen molar-refractivity contribution in [1.29, 1.82) is 0 Å². The summed E-state index contributed by atoms with van der Waals surface area (Å²) in [6.07, 6.45) is 0.802. The molecule has 8 heteroatoms. The fourth-order valence-corrected chi connectivity index (χ4v) is 3.15. The largest absolute Gasteiger partial charge is 0.503 e. The summed E-state index contributed by atoms with van der Waals surface area (Å²) in [5.41, 5.74) is 2.60. The number of hydrogen-bond donors (Lipinski definition) is 2. The van der Waals surface area contributed by atoms with Crippen LogP contribution < -0.4 is 10.1 Å². The van der Waals surface area contributed by atoms with E-state index in [0.717, 1.165) is 16.7 Å². The third-order valence-electron chi connectivity index (χ3n) is 4.87. The Kier molecular flexibility index (Phi) is 7.33. The fourth-order valence-electron chi connectivity index (χ4n) is 3.02. The van der Waals surface area contributed by atoms with Crippen LogP contribution in [0.4, 0.5) is 0 Å². The molecule has 2 atom stereocenters. The fraction of sp³-hybridized carbons (Fsp3) is 0.208. The maximum absolute atomic E-state index is 12.5. The minimum absolute atomic E-state index is 0.107. The van der Waals surface area contributed by atoms with Gasteiger partial charge in [0.15, 0.2) is 17.2 Å². The number of aromatic hydroxyl groups is 1. The molecular weight excluding hydrogens is 432 g/mol. The highest BCUT2D eigenvalue weighted by molar-refractivity contribution is 6.30. The molecule has 166 valence electrons. The van der Waals surface area contributed by atoms with E-state index in [0.29, 0.717) is 5.02 Å². The van der Waals surface area contributed by atoms with Crippen molar-refractivity contribution in [3.8, 4) is 22.6 Å². The maximum atomic E-state index is 12.5. The Balaban J connectivity index is 1.61. The number of halogens is 1. The Morgan fingerprint density at radius 3 is 2.19 bits per heavy atom. The lowest BCUT2D eigenvalue weighted by Crippen LogP contribution is -2.40. The average molecular weight is 455 g/mol. The van der Waals surface area contributed by atoms with Gasteiger partial charge in [0.25, 0.3) is 5.91 Å². The summed E-state index contributed by atoms with van der Waals surface area (Å²) in [5.74, 6) is -1.63. The van der Waals surface area contributed by atoms with Crippen molar-refractivity contribution in [2.45, 2.75) is 26.0 Å². The van der Waals surface area contributed by atoms with Gasteiger partial charge in [0, 0.05) is 17.3 Å². The number of nitrogens with one attached hydrogen (secondary N) is 1. The van der Waals surface area contributed by atoms with E-state index < -0.39 is 29.8 Å². The number of benzene rings is 2. The molecule has 0 fully saturated rings. The van der Waals surface area contributed by atoms with E-state index in [-0.39, 0.29) is 11.4 Å². The molecule has 0 bridgehead atoms. The van der Waals surface area contributed by atoms with Crippen molar-refractivity contribution in [1.82, 2.24) is 10.3 Å². The molecule has 2 aromatic carbocycles. The number of hydrogen-bond acceptors (Lipinski definition) is 6. The molecule has 32 heavy (non-hydrogen) atoms. The number of pyridine rings is 1. The van der Waals surface area contributed by atoms with Crippen molar-refractivity contribution in [2.75, 3.05) is 7.11 Å². The van der Waals surface area contributed by atoms with E-state index in [2.05, 4.69) is 10.3 Å². The molecule has 0 radical (unpaired) electrons. The zero-order valence-electron chi connectivity index (χ0n) is 17.8. The monoisotopic (exact) mass is 454 g/mol. The lowest BCUT2D eigenvalue weighted by atomic mass is 10.0. The van der Waals surface area contributed by atoms with Crippen LogP contribution in [0.5, 0.6) is 11.5 Å². The minimum Gasteiger partial charge on any atom is -0.503 e. The SMILES string of the molecule is COc1ccnc(C(=O)N[C@@H](C)C(=O)O[C@@H](C)c2ccc(-c3ccc(Cl)cc3)cc2)c1O. The lowest BCUT2D eigenvalue weighted by Gasteiger charge is -2.18. The van der Waals surface area contributed by atoms with Gasteiger partial charge in [0.1, 0.15) is 12.1 Å². The molecule has 3 rings (SSSR count). The first-order chi connectivity index (χ1) is 15.3. The molecule has 0 aliphatic heterocycles. The first-order valence-electron chi connectivity index (χ1n) is 9.89.